The fourth-order valence-electron chi connectivity index (χ4n) is 4.01. The maximum Gasteiger partial charge on any atom is 0.272 e. The fourth-order valence-corrected chi connectivity index (χ4v) is 4.93. The van der Waals surface area contributed by atoms with Gasteiger partial charge >= 0.3 is 0 Å². The summed E-state index contributed by atoms with van der Waals surface area (Å²) < 4.78 is 13.1. The highest BCUT2D eigenvalue weighted by atomic mass is 32.1. The quantitative estimate of drug-likeness (QED) is 0.340. The molecule has 0 radical (unpaired) electrons. The van der Waals surface area contributed by atoms with Gasteiger partial charge in [0.15, 0.2) is 0 Å². The average Bonchev–Trinajstić information content (AvgIpc) is 3.38. The molecule has 0 saturated carbocycles. The van der Waals surface area contributed by atoms with Crippen LogP contribution in [0.3, 0.4) is 0 Å². The van der Waals surface area contributed by atoms with Crippen molar-refractivity contribution < 1.29 is 14.3 Å². The topological polar surface area (TPSA) is 75.4 Å². The van der Waals surface area contributed by atoms with Crippen LogP contribution in [0.15, 0.2) is 60.7 Å². The van der Waals surface area contributed by atoms with Gasteiger partial charge < -0.3 is 25.1 Å². The predicted octanol–water partition coefficient (Wildman–Crippen LogP) is 5.50. The number of rotatable bonds is 7. The van der Waals surface area contributed by atoms with Gasteiger partial charge in [0.2, 0.25) is 0 Å². The Bertz CT molecular complexity index is 1210. The van der Waals surface area contributed by atoms with Crippen molar-refractivity contribution in [1.82, 2.24) is 10.3 Å². The van der Waals surface area contributed by atoms with E-state index in [0.717, 1.165) is 58.9 Å². The number of para-hydroxylation sites is 1. The molecule has 1 fully saturated rings. The summed E-state index contributed by atoms with van der Waals surface area (Å²) >= 11 is 1.67. The average molecular weight is 462 g/mol. The molecular weight excluding hydrogens is 434 g/mol. The number of aromatic nitrogens is 1. The molecule has 0 unspecified atom stereocenters. The summed E-state index contributed by atoms with van der Waals surface area (Å²) in [6, 6.07) is 19.4. The minimum atomic E-state index is -0.164. The highest BCUT2D eigenvalue weighted by Crippen LogP contribution is 2.27. The zero-order valence-electron chi connectivity index (χ0n) is 18.5. The number of H-pyrrole nitrogens is 1. The molecule has 1 aliphatic rings. The van der Waals surface area contributed by atoms with E-state index < -0.39 is 0 Å². The first-order valence-electron chi connectivity index (χ1n) is 11.2. The molecule has 0 aliphatic carbocycles. The van der Waals surface area contributed by atoms with E-state index in [2.05, 4.69) is 28.6 Å². The van der Waals surface area contributed by atoms with Crippen LogP contribution in [0.1, 0.15) is 33.8 Å². The Hall–Kier alpha value is -3.29. The number of aryl methyl sites for hydroxylation is 1. The first-order valence-corrected chi connectivity index (χ1v) is 12.0. The number of ether oxygens (including phenoxy) is 2. The number of benzene rings is 2. The molecule has 33 heavy (non-hydrogen) atoms. The first-order chi connectivity index (χ1) is 16.1. The minimum Gasteiger partial charge on any atom is -0.490 e. The molecule has 1 amide bonds. The van der Waals surface area contributed by atoms with Crippen molar-refractivity contribution in [2.45, 2.75) is 32.5 Å². The number of piperidine rings is 1. The second-order valence-electron chi connectivity index (χ2n) is 8.26. The lowest BCUT2D eigenvalue weighted by Crippen LogP contribution is -2.34. The highest BCUT2D eigenvalue weighted by molar-refractivity contribution is 7.19. The van der Waals surface area contributed by atoms with Gasteiger partial charge in [0.05, 0.1) is 10.2 Å². The molecule has 2 aromatic carbocycles. The predicted molar refractivity (Wildman–Crippen MR) is 133 cm³/mol. The number of nitrogens with one attached hydrogen (secondary N) is 3. The number of aromatic amines is 1. The van der Waals surface area contributed by atoms with Crippen molar-refractivity contribution in [1.29, 1.82) is 0 Å². The molecule has 1 saturated heterocycles. The van der Waals surface area contributed by atoms with Gasteiger partial charge in [0.1, 0.15) is 29.9 Å². The Morgan fingerprint density at radius 3 is 2.61 bits per heavy atom. The van der Waals surface area contributed by atoms with Crippen LogP contribution in [0.4, 0.5) is 5.69 Å². The lowest BCUT2D eigenvalue weighted by Gasteiger charge is -2.23. The number of thiophene rings is 1. The van der Waals surface area contributed by atoms with Crippen molar-refractivity contribution in [3.63, 3.8) is 0 Å². The number of anilines is 1. The van der Waals surface area contributed by atoms with Gasteiger partial charge in [-0.25, -0.2) is 0 Å². The molecule has 0 bridgehead atoms. The van der Waals surface area contributed by atoms with E-state index >= 15 is 0 Å². The number of fused-ring (bicyclic) bond motifs is 1. The Kier molecular flexibility index (Phi) is 6.32. The maximum absolute atomic E-state index is 12.8. The van der Waals surface area contributed by atoms with Gasteiger partial charge in [-0.1, -0.05) is 18.2 Å². The Balaban J connectivity index is 1.20. The van der Waals surface area contributed by atoms with Crippen LogP contribution in [0.5, 0.6) is 11.5 Å². The van der Waals surface area contributed by atoms with Gasteiger partial charge in [0, 0.05) is 16.1 Å². The number of carbonyl (C=O) groups is 1. The molecule has 5 rings (SSSR count). The smallest absolute Gasteiger partial charge is 0.272 e. The van der Waals surface area contributed by atoms with E-state index in [0.29, 0.717) is 12.3 Å². The fraction of sp³-hybridized carbons (Fsp3) is 0.269. The number of hydrogen-bond donors (Lipinski definition) is 3. The second kappa shape index (κ2) is 9.68. The third kappa shape index (κ3) is 5.21. The number of amides is 1. The summed E-state index contributed by atoms with van der Waals surface area (Å²) in [4.78, 5) is 17.2. The normalized spacial score (nSPS) is 14.3. The Morgan fingerprint density at radius 2 is 1.82 bits per heavy atom. The molecule has 0 atom stereocenters. The molecule has 1 aliphatic heterocycles. The van der Waals surface area contributed by atoms with E-state index in [1.807, 2.05) is 54.6 Å². The van der Waals surface area contributed by atoms with Crippen molar-refractivity contribution in [2.75, 3.05) is 18.4 Å². The van der Waals surface area contributed by atoms with Crippen molar-refractivity contribution >= 4 is 33.1 Å². The van der Waals surface area contributed by atoms with Crippen molar-refractivity contribution in [2.24, 2.45) is 0 Å². The largest absolute Gasteiger partial charge is 0.490 e. The van der Waals surface area contributed by atoms with Crippen molar-refractivity contribution in [3.8, 4) is 11.5 Å². The summed E-state index contributed by atoms with van der Waals surface area (Å²) in [6.07, 6.45) is 2.33. The Labute approximate surface area is 196 Å². The zero-order chi connectivity index (χ0) is 22.6. The Morgan fingerprint density at radius 1 is 1.06 bits per heavy atom. The second-order valence-corrected chi connectivity index (χ2v) is 9.54. The van der Waals surface area contributed by atoms with E-state index in [1.54, 1.807) is 11.3 Å². The maximum atomic E-state index is 12.8. The van der Waals surface area contributed by atoms with Crippen LogP contribution >= 0.6 is 11.3 Å². The zero-order valence-corrected chi connectivity index (χ0v) is 19.3. The van der Waals surface area contributed by atoms with Crippen LogP contribution in [-0.4, -0.2) is 30.1 Å². The summed E-state index contributed by atoms with van der Waals surface area (Å²) in [7, 11) is 0. The van der Waals surface area contributed by atoms with Crippen LogP contribution in [0, 0.1) is 6.92 Å². The van der Waals surface area contributed by atoms with E-state index in [9.17, 15) is 4.79 Å². The van der Waals surface area contributed by atoms with Crippen LogP contribution in [0.25, 0.3) is 10.2 Å². The summed E-state index contributed by atoms with van der Waals surface area (Å²) in [5, 5.41) is 6.36. The van der Waals surface area contributed by atoms with Crippen LogP contribution in [-0.2, 0) is 6.61 Å². The van der Waals surface area contributed by atoms with Crippen LogP contribution in [0.2, 0.25) is 0 Å². The van der Waals surface area contributed by atoms with Crippen molar-refractivity contribution in [3.05, 3.63) is 76.8 Å². The summed E-state index contributed by atoms with van der Waals surface area (Å²) in [5.41, 5.74) is 3.19. The van der Waals surface area contributed by atoms with Gasteiger partial charge in [-0.2, -0.15) is 0 Å². The lowest BCUT2D eigenvalue weighted by atomic mass is 10.1. The molecule has 3 N–H and O–H groups in total. The molecule has 170 valence electrons. The third-order valence-electron chi connectivity index (χ3n) is 5.75. The molecule has 7 heteroatoms. The van der Waals surface area contributed by atoms with E-state index in [1.165, 1.54) is 4.88 Å². The number of carbonyl (C=O) groups excluding carboxylic acids is 1. The molecular formula is C26H27N3O3S. The van der Waals surface area contributed by atoms with Gasteiger partial charge in [0.25, 0.3) is 5.91 Å². The molecule has 2 aromatic heterocycles. The molecule has 6 nitrogen and oxygen atoms in total. The summed E-state index contributed by atoms with van der Waals surface area (Å²) in [5.74, 6) is 1.46. The van der Waals surface area contributed by atoms with E-state index in [4.69, 9.17) is 9.47 Å². The van der Waals surface area contributed by atoms with Gasteiger partial charge in [-0.15, -0.1) is 11.3 Å². The minimum absolute atomic E-state index is 0.164. The monoisotopic (exact) mass is 461 g/mol. The molecule has 4 aromatic rings. The molecule has 0 spiro atoms. The number of hydrogen-bond acceptors (Lipinski definition) is 5. The standard InChI is InChI=1S/C26H27N3O3S/c1-17-14-23-25(33-17)15-24(28-23)26(30)29-22-5-3-2-4-18(22)16-31-19-6-8-20(9-7-19)32-21-10-12-27-13-11-21/h2-9,14-15,21,27-28H,10-13,16H2,1H3,(H,29,30). The van der Waals surface area contributed by atoms with Gasteiger partial charge in [-0.3, -0.25) is 4.79 Å². The highest BCUT2D eigenvalue weighted by Gasteiger charge is 2.15. The summed E-state index contributed by atoms with van der Waals surface area (Å²) in [6.45, 7) is 4.42. The first kappa shape index (κ1) is 21.6. The van der Waals surface area contributed by atoms with E-state index in [-0.39, 0.29) is 12.0 Å². The molecule has 3 heterocycles. The SMILES string of the molecule is Cc1cc2[nH]c(C(=O)Nc3ccccc3COc3ccc(OC4CCNCC4)cc3)cc2s1. The third-order valence-corrected chi connectivity index (χ3v) is 6.74. The lowest BCUT2D eigenvalue weighted by molar-refractivity contribution is 0.102. The van der Waals surface area contributed by atoms with Crippen LogP contribution < -0.4 is 20.1 Å². The van der Waals surface area contributed by atoms with Gasteiger partial charge in [-0.05, 0) is 75.3 Å².